The van der Waals surface area contributed by atoms with E-state index in [4.69, 9.17) is 5.11 Å². The third-order valence-corrected chi connectivity index (χ3v) is 3.24. The fourth-order valence-electron chi connectivity index (χ4n) is 1.62. The number of halogens is 1. The summed E-state index contributed by atoms with van der Waals surface area (Å²) in [6, 6.07) is 4.82. The first-order valence-electron chi connectivity index (χ1n) is 4.56. The number of carboxylic acids is 1. The van der Waals surface area contributed by atoms with Crippen molar-refractivity contribution in [3.8, 4) is 0 Å². The molecule has 80 valence electrons. The molecule has 1 N–H and O–H groups in total. The number of hydrogen-bond donors (Lipinski definition) is 1. The second-order valence-electron chi connectivity index (χ2n) is 3.25. The predicted molar refractivity (Wildman–Crippen MR) is 57.0 cm³/mol. The van der Waals surface area contributed by atoms with Gasteiger partial charge in [0.25, 0.3) is 0 Å². The first kappa shape index (κ1) is 10.3. The number of carboxylic acid groups (broad SMARTS) is 1. The van der Waals surface area contributed by atoms with Crippen molar-refractivity contribution in [1.82, 2.24) is 0 Å². The zero-order valence-corrected chi connectivity index (χ0v) is 8.76. The van der Waals surface area contributed by atoms with Crippen molar-refractivity contribution in [2.45, 2.75) is 4.90 Å². The Bertz CT molecular complexity index is 397. The molecule has 1 aliphatic heterocycles. The molecule has 0 fully saturated rings. The lowest BCUT2D eigenvalue weighted by atomic mass is 10.2. The highest BCUT2D eigenvalue weighted by molar-refractivity contribution is 7.99. The average molecular weight is 227 g/mol. The molecule has 5 heteroatoms. The van der Waals surface area contributed by atoms with Gasteiger partial charge in [-0.15, -0.1) is 11.8 Å². The van der Waals surface area contributed by atoms with Crippen molar-refractivity contribution < 1.29 is 14.3 Å². The van der Waals surface area contributed by atoms with Crippen LogP contribution in [-0.2, 0) is 4.79 Å². The van der Waals surface area contributed by atoms with E-state index >= 15 is 0 Å². The van der Waals surface area contributed by atoms with Crippen molar-refractivity contribution in [1.29, 1.82) is 0 Å². The molecule has 0 unspecified atom stereocenters. The first-order chi connectivity index (χ1) is 7.18. The summed E-state index contributed by atoms with van der Waals surface area (Å²) in [6.45, 7) is 0.430. The smallest absolute Gasteiger partial charge is 0.323 e. The average Bonchev–Trinajstić information content (AvgIpc) is 2.17. The molecule has 1 aliphatic rings. The SMILES string of the molecule is O=C(O)CN1CCSc2cccc(F)c21. The molecule has 0 saturated heterocycles. The van der Waals surface area contributed by atoms with Crippen molar-refractivity contribution >= 4 is 23.4 Å². The van der Waals surface area contributed by atoms with Crippen molar-refractivity contribution in [2.75, 3.05) is 23.7 Å². The van der Waals surface area contributed by atoms with Gasteiger partial charge in [0.15, 0.2) is 0 Å². The molecule has 1 aromatic rings. The number of rotatable bonds is 2. The Labute approximate surface area is 90.9 Å². The number of fused-ring (bicyclic) bond motifs is 1. The Kier molecular flexibility index (Phi) is 2.81. The Morgan fingerprint density at radius 2 is 2.40 bits per heavy atom. The number of para-hydroxylation sites is 1. The fraction of sp³-hybridized carbons (Fsp3) is 0.300. The van der Waals surface area contributed by atoms with Crippen molar-refractivity contribution in [3.63, 3.8) is 0 Å². The second-order valence-corrected chi connectivity index (χ2v) is 4.39. The zero-order valence-electron chi connectivity index (χ0n) is 7.94. The fourth-order valence-corrected chi connectivity index (χ4v) is 2.69. The largest absolute Gasteiger partial charge is 0.480 e. The number of hydrogen-bond acceptors (Lipinski definition) is 3. The lowest BCUT2D eigenvalue weighted by Gasteiger charge is -2.29. The monoisotopic (exact) mass is 227 g/mol. The van der Waals surface area contributed by atoms with E-state index in [1.165, 1.54) is 6.07 Å². The molecule has 0 amide bonds. The summed E-state index contributed by atoms with van der Waals surface area (Å²) in [6.07, 6.45) is 0. The van der Waals surface area contributed by atoms with E-state index in [0.717, 1.165) is 10.6 Å². The van der Waals surface area contributed by atoms with Crippen LogP contribution in [0.4, 0.5) is 10.1 Å². The molecule has 3 nitrogen and oxygen atoms in total. The maximum Gasteiger partial charge on any atom is 0.323 e. The van der Waals surface area contributed by atoms with Crippen LogP contribution in [0.3, 0.4) is 0 Å². The molecule has 0 aromatic heterocycles. The normalized spacial score (nSPS) is 14.9. The van der Waals surface area contributed by atoms with Crippen molar-refractivity contribution in [2.24, 2.45) is 0 Å². The summed E-state index contributed by atoms with van der Waals surface area (Å²) >= 11 is 1.56. The summed E-state index contributed by atoms with van der Waals surface area (Å²) in [5.74, 6) is -0.485. The maximum absolute atomic E-state index is 13.5. The van der Waals surface area contributed by atoms with Gasteiger partial charge in [-0.05, 0) is 12.1 Å². The highest BCUT2D eigenvalue weighted by atomic mass is 32.2. The lowest BCUT2D eigenvalue weighted by Crippen LogP contribution is -2.34. The number of benzene rings is 1. The van der Waals surface area contributed by atoms with Crippen molar-refractivity contribution in [3.05, 3.63) is 24.0 Å². The van der Waals surface area contributed by atoms with Gasteiger partial charge in [0, 0.05) is 17.2 Å². The summed E-state index contributed by atoms with van der Waals surface area (Å²) in [4.78, 5) is 13.0. The third kappa shape index (κ3) is 2.07. The van der Waals surface area contributed by atoms with E-state index in [9.17, 15) is 9.18 Å². The summed E-state index contributed by atoms with van der Waals surface area (Å²) < 4.78 is 13.5. The number of anilines is 1. The van der Waals surface area contributed by atoms with Gasteiger partial charge in [0.05, 0.1) is 5.69 Å². The van der Waals surface area contributed by atoms with E-state index in [1.54, 1.807) is 22.7 Å². The molecule has 2 rings (SSSR count). The molecule has 0 atom stereocenters. The van der Waals surface area contributed by atoms with Gasteiger partial charge < -0.3 is 10.0 Å². The van der Waals surface area contributed by atoms with Gasteiger partial charge in [-0.3, -0.25) is 4.79 Å². The minimum atomic E-state index is -0.934. The van der Waals surface area contributed by atoms with E-state index in [0.29, 0.717) is 12.2 Å². The van der Waals surface area contributed by atoms with Crippen LogP contribution in [0.15, 0.2) is 23.1 Å². The molecule has 15 heavy (non-hydrogen) atoms. The Morgan fingerprint density at radius 3 is 3.13 bits per heavy atom. The van der Waals surface area contributed by atoms with Gasteiger partial charge in [0.1, 0.15) is 12.4 Å². The molecule has 0 bridgehead atoms. The van der Waals surface area contributed by atoms with Gasteiger partial charge in [-0.1, -0.05) is 6.07 Å². The first-order valence-corrected chi connectivity index (χ1v) is 5.55. The topological polar surface area (TPSA) is 40.5 Å². The Balaban J connectivity index is 2.36. The number of carbonyl (C=O) groups is 1. The van der Waals surface area contributed by atoms with Crippen LogP contribution in [0.1, 0.15) is 0 Å². The highest BCUT2D eigenvalue weighted by Gasteiger charge is 2.22. The number of aliphatic carboxylic acids is 1. The quantitative estimate of drug-likeness (QED) is 0.836. The number of thioether (sulfide) groups is 1. The summed E-state index contributed by atoms with van der Waals surface area (Å²) in [5, 5.41) is 8.71. The predicted octanol–water partition coefficient (Wildman–Crippen LogP) is 1.82. The summed E-state index contributed by atoms with van der Waals surface area (Å²) in [7, 11) is 0. The minimum absolute atomic E-state index is 0.144. The number of nitrogens with zero attached hydrogens (tertiary/aromatic N) is 1. The molecular formula is C10H10FNO2S. The molecular weight excluding hydrogens is 217 g/mol. The molecule has 1 aromatic carbocycles. The van der Waals surface area contributed by atoms with E-state index in [-0.39, 0.29) is 12.4 Å². The minimum Gasteiger partial charge on any atom is -0.480 e. The van der Waals surface area contributed by atoms with Crippen LogP contribution in [-0.4, -0.2) is 29.9 Å². The van der Waals surface area contributed by atoms with Crippen LogP contribution < -0.4 is 4.90 Å². The van der Waals surface area contributed by atoms with E-state index in [2.05, 4.69) is 0 Å². The molecule has 1 heterocycles. The lowest BCUT2D eigenvalue weighted by molar-refractivity contribution is -0.135. The van der Waals surface area contributed by atoms with Crippen LogP contribution in [0, 0.1) is 5.82 Å². The van der Waals surface area contributed by atoms with Crippen LogP contribution in [0.25, 0.3) is 0 Å². The van der Waals surface area contributed by atoms with Crippen LogP contribution in [0.5, 0.6) is 0 Å². The standard InChI is InChI=1S/C10H10FNO2S/c11-7-2-1-3-8-10(7)12(4-5-15-8)6-9(13)14/h1-3H,4-6H2,(H,13,14). The van der Waals surface area contributed by atoms with Gasteiger partial charge in [0.2, 0.25) is 0 Å². The van der Waals surface area contributed by atoms with Crippen LogP contribution >= 0.6 is 11.8 Å². The molecule has 0 saturated carbocycles. The molecule has 0 radical (unpaired) electrons. The van der Waals surface area contributed by atoms with Gasteiger partial charge >= 0.3 is 5.97 Å². The Morgan fingerprint density at radius 1 is 1.60 bits per heavy atom. The zero-order chi connectivity index (χ0) is 10.8. The maximum atomic E-state index is 13.5. The highest BCUT2D eigenvalue weighted by Crippen LogP contribution is 2.36. The van der Waals surface area contributed by atoms with E-state index in [1.807, 2.05) is 6.07 Å². The van der Waals surface area contributed by atoms with Gasteiger partial charge in [-0.25, -0.2) is 4.39 Å². The second kappa shape index (κ2) is 4.10. The third-order valence-electron chi connectivity index (χ3n) is 2.21. The summed E-state index contributed by atoms with van der Waals surface area (Å²) in [5.41, 5.74) is 0.427. The Hall–Kier alpha value is -1.23. The van der Waals surface area contributed by atoms with Crippen LogP contribution in [0.2, 0.25) is 0 Å². The molecule has 0 spiro atoms. The van der Waals surface area contributed by atoms with Gasteiger partial charge in [-0.2, -0.15) is 0 Å². The van der Waals surface area contributed by atoms with E-state index < -0.39 is 5.97 Å². The molecule has 0 aliphatic carbocycles.